The van der Waals surface area contributed by atoms with Crippen LogP contribution in [0.1, 0.15) is 44.5 Å². The first-order valence-electron chi connectivity index (χ1n) is 24.8. The number of fused-ring (bicyclic) bond motifs is 4. The van der Waals surface area contributed by atoms with Crippen molar-refractivity contribution in [3.63, 3.8) is 0 Å². The minimum Gasteiger partial charge on any atom is -0.458 e. The van der Waals surface area contributed by atoms with Crippen LogP contribution in [0, 0.1) is 6.33 Å². The summed E-state index contributed by atoms with van der Waals surface area (Å²) in [5.41, 5.74) is 3.11. The quantitative estimate of drug-likeness (QED) is 0.115. The van der Waals surface area contributed by atoms with Crippen molar-refractivity contribution in [1.29, 1.82) is 0 Å². The number of hydrogen-bond donors (Lipinski definition) is 0. The molecule has 10 rings (SSSR count). The predicted molar refractivity (Wildman–Crippen MR) is 227 cm³/mol. The molecule has 0 N–H and O–H groups in total. The van der Waals surface area contributed by atoms with Crippen LogP contribution >= 0.6 is 0 Å². The number of pyridine rings is 1. The fourth-order valence-electron chi connectivity index (χ4n) is 7.10. The van der Waals surface area contributed by atoms with E-state index in [1.165, 1.54) is 0 Å². The summed E-state index contributed by atoms with van der Waals surface area (Å²) in [4.78, 5) is 4.42. The van der Waals surface area contributed by atoms with Crippen molar-refractivity contribution in [2.75, 3.05) is 0 Å². The van der Waals surface area contributed by atoms with Gasteiger partial charge in [-0.3, -0.25) is 13.7 Å². The zero-order valence-corrected chi connectivity index (χ0v) is 30.1. The largest absolute Gasteiger partial charge is 0.458 e. The van der Waals surface area contributed by atoms with Gasteiger partial charge in [-0.15, -0.1) is 0 Å². The molecule has 0 spiro atoms. The highest BCUT2D eigenvalue weighted by Crippen LogP contribution is 2.37. The maximum atomic E-state index is 9.19. The summed E-state index contributed by atoms with van der Waals surface area (Å²) in [7, 11) is 0. The van der Waals surface area contributed by atoms with Gasteiger partial charge < -0.3 is 4.74 Å². The average Bonchev–Trinajstić information content (AvgIpc) is 3.88. The molecule has 268 valence electrons. The molecule has 7 aromatic carbocycles. The van der Waals surface area contributed by atoms with Crippen molar-refractivity contribution in [2.45, 2.75) is 19.7 Å². The lowest BCUT2D eigenvalue weighted by Gasteiger charge is -2.17. The molecule has 0 atom stereocenters. The molecule has 0 aliphatic carbocycles. The van der Waals surface area contributed by atoms with Crippen molar-refractivity contribution in [3.05, 3.63) is 200 Å². The lowest BCUT2D eigenvalue weighted by molar-refractivity contribution is -0.571. The molecule has 3 aromatic heterocycles. The van der Waals surface area contributed by atoms with E-state index in [4.69, 9.17) is 22.6 Å². The zero-order valence-electron chi connectivity index (χ0n) is 44.1. The number of nitrogens with zero attached hydrogens (tertiary/aromatic N) is 4. The van der Waals surface area contributed by atoms with E-state index in [0.29, 0.717) is 39.3 Å². The third-order valence-electron chi connectivity index (χ3n) is 9.61. The maximum absolute atomic E-state index is 9.19. The minimum atomic E-state index is -1.36. The van der Waals surface area contributed by atoms with Crippen LogP contribution in [-0.4, -0.2) is 14.1 Å². The van der Waals surface area contributed by atoms with Crippen molar-refractivity contribution < 1.29 is 28.5 Å². The van der Waals surface area contributed by atoms with E-state index in [1.54, 1.807) is 82.1 Å². The molecule has 56 heavy (non-hydrogen) atoms. The molecule has 0 unspecified atom stereocenters. The van der Waals surface area contributed by atoms with Crippen LogP contribution in [0.15, 0.2) is 188 Å². The molecule has 0 saturated heterocycles. The second-order valence-electron chi connectivity index (χ2n) is 13.3. The van der Waals surface area contributed by atoms with Gasteiger partial charge in [0.15, 0.2) is 0 Å². The Hall–Kier alpha value is -7.24. The molecular formula is C51H38N4O. The highest BCUT2D eigenvalue weighted by Gasteiger charge is 2.20. The Morgan fingerprint density at radius 3 is 2.07 bits per heavy atom. The molecule has 0 fully saturated rings. The number of para-hydroxylation sites is 4. The van der Waals surface area contributed by atoms with Crippen LogP contribution in [0.4, 0.5) is 0 Å². The van der Waals surface area contributed by atoms with Gasteiger partial charge in [0, 0.05) is 24.4 Å². The topological polar surface area (TPSA) is 35.9 Å². The highest BCUT2D eigenvalue weighted by molar-refractivity contribution is 6.09. The molecule has 5 heteroatoms. The second kappa shape index (κ2) is 13.9. The summed E-state index contributed by atoms with van der Waals surface area (Å²) in [5, 5.41) is 1.67. The van der Waals surface area contributed by atoms with Gasteiger partial charge in [0.2, 0.25) is 0 Å². The third-order valence-corrected chi connectivity index (χ3v) is 9.61. The van der Waals surface area contributed by atoms with E-state index in [9.17, 15) is 1.37 Å². The molecular weight excluding hydrogens is 685 g/mol. The van der Waals surface area contributed by atoms with Gasteiger partial charge in [0.05, 0.1) is 51.3 Å². The average molecular weight is 737 g/mol. The van der Waals surface area contributed by atoms with Gasteiger partial charge in [-0.25, -0.2) is 4.98 Å². The van der Waals surface area contributed by atoms with E-state index in [0.717, 1.165) is 10.8 Å². The van der Waals surface area contributed by atoms with Crippen molar-refractivity contribution >= 4 is 32.8 Å². The molecule has 0 aliphatic rings. The van der Waals surface area contributed by atoms with Crippen molar-refractivity contribution in [1.82, 2.24) is 14.1 Å². The van der Waals surface area contributed by atoms with Crippen LogP contribution in [-0.2, 0) is 0 Å². The van der Waals surface area contributed by atoms with E-state index in [2.05, 4.69) is 11.3 Å². The van der Waals surface area contributed by atoms with Crippen LogP contribution in [0.25, 0.3) is 72.3 Å². The summed E-state index contributed by atoms with van der Waals surface area (Å²) >= 11 is 0. The molecule has 10 aromatic rings. The van der Waals surface area contributed by atoms with E-state index < -0.39 is 66.3 Å². The van der Waals surface area contributed by atoms with Crippen LogP contribution < -0.4 is 9.30 Å². The van der Waals surface area contributed by atoms with Crippen LogP contribution in [0.5, 0.6) is 11.5 Å². The summed E-state index contributed by atoms with van der Waals surface area (Å²) in [6, 6.07) is 26.2. The number of ether oxygens (including phenoxy) is 1. The Bertz CT molecular complexity index is 3710. The maximum Gasteiger partial charge on any atom is 0.269 e. The normalized spacial score (nSPS) is 15.2. The summed E-state index contributed by atoms with van der Waals surface area (Å²) in [6.07, 6.45) is 3.04. The second-order valence-corrected chi connectivity index (χ2v) is 13.3. The van der Waals surface area contributed by atoms with Gasteiger partial charge in [-0.05, 0) is 82.2 Å². The number of aromatic nitrogens is 4. The Morgan fingerprint density at radius 2 is 1.32 bits per heavy atom. The smallest absolute Gasteiger partial charge is 0.269 e. The van der Waals surface area contributed by atoms with E-state index in [1.807, 2.05) is 54.6 Å². The van der Waals surface area contributed by atoms with Crippen molar-refractivity contribution in [3.8, 4) is 50.9 Å². The lowest BCUT2D eigenvalue weighted by Crippen LogP contribution is -2.31. The van der Waals surface area contributed by atoms with Crippen LogP contribution in [0.3, 0.4) is 0 Å². The standard InChI is InChI=1S/C51H38N4O/c1-35(2)38-29-30-52-50(31-38)55-46-24-10-9-21-44(46)45-28-27-41(33-49(45)55)56-40-20-13-19-39(32-40)53-34-54(48-26-12-11-25-47(48)53)51-42(36-15-5-3-6-16-36)22-14-23-43(51)37-17-7-4-8-18-37/h3-33,35H,1-2H3/i3D,4D,5D,6D,7D,8D,15D,16D,17D,18D,29D,30D,31D,35D. The first-order chi connectivity index (χ1) is 33.3. The summed E-state index contributed by atoms with van der Waals surface area (Å²) < 4.78 is 133. The molecule has 0 saturated carbocycles. The van der Waals surface area contributed by atoms with Gasteiger partial charge in [0.1, 0.15) is 17.3 Å². The molecule has 5 nitrogen and oxygen atoms in total. The Labute approximate surface area is 345 Å². The summed E-state index contributed by atoms with van der Waals surface area (Å²) in [5.74, 6) is -0.437. The lowest BCUT2D eigenvalue weighted by atomic mass is 9.95. The molecule has 0 bridgehead atoms. The fraction of sp³-hybridized carbons (Fsp3) is 0.0588. The zero-order chi connectivity index (χ0) is 49.8. The number of hydrogen-bond acceptors (Lipinski definition) is 2. The first-order valence-corrected chi connectivity index (χ1v) is 17.8. The monoisotopic (exact) mass is 736 g/mol. The van der Waals surface area contributed by atoms with Gasteiger partial charge in [0.25, 0.3) is 6.33 Å². The van der Waals surface area contributed by atoms with Crippen LogP contribution in [0.2, 0.25) is 0 Å². The Morgan fingerprint density at radius 1 is 0.661 bits per heavy atom. The first kappa shape index (κ1) is 21.6. The SMILES string of the molecule is [2H]c1nc(-n2c3ccccc3c3ccc(Oc4cccc(-n5[c-][n+](-c6c(-c7c([2H])c([2H])c([2H])c([2H])c7[2H])cccc6-c6c([2H])c([2H])c([2H])c([2H])c6[2H])c6ccccc65)c4)cc32)c([2H])c(C([2H])(C)C)c1[2H]. The summed E-state index contributed by atoms with van der Waals surface area (Å²) in [6.45, 7) is 3.15. The number of benzene rings is 7. The molecule has 3 heterocycles. The van der Waals surface area contributed by atoms with Gasteiger partial charge in [-0.1, -0.05) is 141 Å². The van der Waals surface area contributed by atoms with Gasteiger partial charge in [-0.2, -0.15) is 0 Å². The number of rotatable bonds is 8. The molecule has 0 amide bonds. The predicted octanol–water partition coefficient (Wildman–Crippen LogP) is 12.4. The third kappa shape index (κ3) is 5.82. The highest BCUT2D eigenvalue weighted by atomic mass is 16.5. The Balaban J connectivity index is 1.15. The molecule has 0 radical (unpaired) electrons. The fourth-order valence-corrected chi connectivity index (χ4v) is 7.10. The number of imidazole rings is 1. The van der Waals surface area contributed by atoms with E-state index >= 15 is 0 Å². The molecule has 0 aliphatic heterocycles. The van der Waals surface area contributed by atoms with Crippen molar-refractivity contribution in [2.24, 2.45) is 0 Å². The Kier molecular flexibility index (Phi) is 5.35. The van der Waals surface area contributed by atoms with Gasteiger partial charge >= 0.3 is 0 Å². The van der Waals surface area contributed by atoms with E-state index in [-0.39, 0.29) is 57.6 Å². The minimum absolute atomic E-state index is 0.0798.